The lowest BCUT2D eigenvalue weighted by Gasteiger charge is -2.37. The summed E-state index contributed by atoms with van der Waals surface area (Å²) in [6.45, 7) is 0.667. The Kier molecular flexibility index (Phi) is 5.22. The van der Waals surface area contributed by atoms with E-state index in [0.29, 0.717) is 24.9 Å². The predicted octanol–water partition coefficient (Wildman–Crippen LogP) is 5.02. The Morgan fingerprint density at radius 1 is 1.20 bits per heavy atom. The zero-order valence-electron chi connectivity index (χ0n) is 16.1. The Hall–Kier alpha value is -2.25. The fourth-order valence-electron chi connectivity index (χ4n) is 4.68. The molecule has 1 N–H and O–H groups in total. The van der Waals surface area contributed by atoms with E-state index in [1.54, 1.807) is 4.90 Å². The molecule has 0 spiro atoms. The number of benzene rings is 2. The van der Waals surface area contributed by atoms with Crippen molar-refractivity contribution in [3.05, 3.63) is 70.2 Å². The lowest BCUT2D eigenvalue weighted by molar-refractivity contribution is -0.137. The summed E-state index contributed by atoms with van der Waals surface area (Å²) in [5.74, 6) is 0. The Bertz CT molecular complexity index is 952. The molecule has 1 saturated carbocycles. The molecular weight excluding hydrogens is 419 g/mol. The summed E-state index contributed by atoms with van der Waals surface area (Å²) >= 11 is 5.91. The van der Waals surface area contributed by atoms with E-state index in [-0.39, 0.29) is 24.8 Å². The number of carbonyl (C=O) groups is 1. The maximum Gasteiger partial charge on any atom is 0.417 e. The molecule has 2 aliphatic rings. The molecule has 4 rings (SSSR count). The van der Waals surface area contributed by atoms with Crippen molar-refractivity contribution in [2.45, 2.75) is 31.0 Å². The molecule has 4 nitrogen and oxygen atoms in total. The topological polar surface area (TPSA) is 49.8 Å². The van der Waals surface area contributed by atoms with Gasteiger partial charge in [-0.25, -0.2) is 4.79 Å². The highest BCUT2D eigenvalue weighted by Gasteiger charge is 2.70. The van der Waals surface area contributed by atoms with Crippen molar-refractivity contribution < 1.29 is 27.8 Å². The van der Waals surface area contributed by atoms with Crippen molar-refractivity contribution in [1.29, 1.82) is 0 Å². The molecule has 2 fully saturated rings. The van der Waals surface area contributed by atoms with Crippen LogP contribution in [0.4, 0.5) is 18.0 Å². The van der Waals surface area contributed by atoms with Gasteiger partial charge in [-0.2, -0.15) is 13.2 Å². The van der Waals surface area contributed by atoms with Crippen LogP contribution in [-0.2, 0) is 22.9 Å². The van der Waals surface area contributed by atoms with Crippen LogP contribution in [0.15, 0.2) is 48.5 Å². The Balaban J connectivity index is 1.48. The third kappa shape index (κ3) is 3.54. The highest BCUT2D eigenvalue weighted by atomic mass is 35.5. The predicted molar refractivity (Wildman–Crippen MR) is 105 cm³/mol. The van der Waals surface area contributed by atoms with Gasteiger partial charge in [0.25, 0.3) is 0 Å². The number of halogens is 4. The summed E-state index contributed by atoms with van der Waals surface area (Å²) in [5.41, 5.74) is -0.403. The average Bonchev–Trinajstić information content (AvgIpc) is 3.42. The molecule has 160 valence electrons. The fourth-order valence-corrected chi connectivity index (χ4v) is 4.97. The first-order chi connectivity index (χ1) is 14.2. The van der Waals surface area contributed by atoms with Crippen LogP contribution in [0.1, 0.15) is 29.5 Å². The molecule has 1 amide bonds. The highest BCUT2D eigenvalue weighted by molar-refractivity contribution is 6.31. The van der Waals surface area contributed by atoms with Crippen LogP contribution in [0, 0.1) is 5.41 Å². The minimum Gasteiger partial charge on any atom is -0.445 e. The molecule has 2 atom stereocenters. The van der Waals surface area contributed by atoms with Gasteiger partial charge in [-0.1, -0.05) is 48.0 Å². The van der Waals surface area contributed by atoms with E-state index >= 15 is 0 Å². The van der Waals surface area contributed by atoms with E-state index in [9.17, 15) is 23.1 Å². The van der Waals surface area contributed by atoms with Crippen LogP contribution >= 0.6 is 11.6 Å². The van der Waals surface area contributed by atoms with Gasteiger partial charge in [0.2, 0.25) is 0 Å². The Morgan fingerprint density at radius 2 is 1.93 bits per heavy atom. The molecule has 1 heterocycles. The molecule has 0 radical (unpaired) electrons. The van der Waals surface area contributed by atoms with Crippen molar-refractivity contribution in [3.8, 4) is 0 Å². The molecule has 0 aromatic heterocycles. The van der Waals surface area contributed by atoms with Crippen molar-refractivity contribution >= 4 is 17.7 Å². The van der Waals surface area contributed by atoms with Crippen LogP contribution in [0.5, 0.6) is 0 Å². The summed E-state index contributed by atoms with van der Waals surface area (Å²) in [6.07, 6.45) is -3.87. The number of aliphatic hydroxyl groups is 1. The number of carbonyl (C=O) groups excluding carboxylic acids is 1. The molecule has 2 aromatic carbocycles. The summed E-state index contributed by atoms with van der Waals surface area (Å²) in [5, 5.41) is 9.74. The zero-order chi connectivity index (χ0) is 21.6. The second-order valence-corrected chi connectivity index (χ2v) is 8.51. The van der Waals surface area contributed by atoms with Gasteiger partial charge in [0.15, 0.2) is 0 Å². The molecule has 30 heavy (non-hydrogen) atoms. The van der Waals surface area contributed by atoms with E-state index in [1.165, 1.54) is 12.1 Å². The number of fused-ring (bicyclic) bond motifs is 1. The van der Waals surface area contributed by atoms with Gasteiger partial charge in [-0.05, 0) is 36.1 Å². The van der Waals surface area contributed by atoms with Crippen LogP contribution in [0.3, 0.4) is 0 Å². The van der Waals surface area contributed by atoms with Crippen LogP contribution in [-0.4, -0.2) is 35.8 Å². The van der Waals surface area contributed by atoms with Gasteiger partial charge in [0.1, 0.15) is 6.61 Å². The van der Waals surface area contributed by atoms with Crippen molar-refractivity contribution in [1.82, 2.24) is 4.90 Å². The molecule has 1 saturated heterocycles. The quantitative estimate of drug-likeness (QED) is 0.727. The lowest BCUT2D eigenvalue weighted by Crippen LogP contribution is -2.46. The number of piperidine rings is 1. The number of aliphatic hydroxyl groups excluding tert-OH is 1. The average molecular weight is 440 g/mol. The summed E-state index contributed by atoms with van der Waals surface area (Å²) < 4.78 is 44.5. The molecule has 2 aromatic rings. The summed E-state index contributed by atoms with van der Waals surface area (Å²) in [6, 6.07) is 13.1. The maximum absolute atomic E-state index is 13.0. The van der Waals surface area contributed by atoms with Gasteiger partial charge < -0.3 is 14.7 Å². The minimum atomic E-state index is -4.52. The van der Waals surface area contributed by atoms with Crippen molar-refractivity contribution in [2.24, 2.45) is 5.41 Å². The van der Waals surface area contributed by atoms with Crippen LogP contribution in [0.2, 0.25) is 5.02 Å². The van der Waals surface area contributed by atoms with Gasteiger partial charge in [-0.15, -0.1) is 0 Å². The number of nitrogens with zero attached hydrogens (tertiary/aromatic N) is 1. The van der Waals surface area contributed by atoms with E-state index < -0.39 is 28.7 Å². The third-order valence-electron chi connectivity index (χ3n) is 6.43. The number of amides is 1. The van der Waals surface area contributed by atoms with E-state index in [4.69, 9.17) is 16.3 Å². The molecule has 8 heteroatoms. The largest absolute Gasteiger partial charge is 0.445 e. The molecule has 1 aliphatic heterocycles. The monoisotopic (exact) mass is 439 g/mol. The smallest absolute Gasteiger partial charge is 0.417 e. The van der Waals surface area contributed by atoms with Crippen LogP contribution in [0.25, 0.3) is 0 Å². The van der Waals surface area contributed by atoms with Crippen molar-refractivity contribution in [2.75, 3.05) is 19.7 Å². The first-order valence-electron chi connectivity index (χ1n) is 9.65. The summed E-state index contributed by atoms with van der Waals surface area (Å²) in [7, 11) is 0. The van der Waals surface area contributed by atoms with Crippen molar-refractivity contribution in [3.63, 3.8) is 0 Å². The minimum absolute atomic E-state index is 0.155. The SMILES string of the molecule is O=C(OCc1ccccc1)N1CC[C@]2(c3ccc(C(F)(F)F)c(Cl)c3)CC2(CO)C1. The van der Waals surface area contributed by atoms with Gasteiger partial charge in [0.05, 0.1) is 17.2 Å². The Morgan fingerprint density at radius 3 is 2.57 bits per heavy atom. The lowest BCUT2D eigenvalue weighted by atomic mass is 9.80. The molecule has 1 aliphatic carbocycles. The number of rotatable bonds is 4. The first kappa shape index (κ1) is 21.0. The standard InChI is InChI=1S/C22H21ClF3NO3/c23-18-10-16(6-7-17(18)22(24,25)26)21-8-9-27(13-20(21,12-21)14-28)19(29)30-11-15-4-2-1-3-5-15/h1-7,10,28H,8-9,11-14H2/t20?,21-/m1/s1. The number of likely N-dealkylation sites (tertiary alicyclic amines) is 1. The second-order valence-electron chi connectivity index (χ2n) is 8.10. The Labute approximate surface area is 177 Å². The third-order valence-corrected chi connectivity index (χ3v) is 6.74. The molecular formula is C22H21ClF3NO3. The van der Waals surface area contributed by atoms with Gasteiger partial charge in [0, 0.05) is 23.9 Å². The molecule has 0 bridgehead atoms. The normalized spacial score (nSPS) is 25.6. The number of hydrogen-bond donors (Lipinski definition) is 1. The van der Waals surface area contributed by atoms with Gasteiger partial charge >= 0.3 is 12.3 Å². The van der Waals surface area contributed by atoms with Crippen LogP contribution < -0.4 is 0 Å². The van der Waals surface area contributed by atoms with E-state index in [0.717, 1.165) is 11.6 Å². The zero-order valence-corrected chi connectivity index (χ0v) is 16.8. The van der Waals surface area contributed by atoms with E-state index in [2.05, 4.69) is 0 Å². The first-order valence-corrected chi connectivity index (χ1v) is 10.0. The molecule has 1 unspecified atom stereocenters. The number of alkyl halides is 3. The maximum atomic E-state index is 13.0. The summed E-state index contributed by atoms with van der Waals surface area (Å²) in [4.78, 5) is 14.1. The highest BCUT2D eigenvalue weighted by Crippen LogP contribution is 2.68. The second kappa shape index (κ2) is 7.46. The number of ether oxygens (including phenoxy) is 1. The number of hydrogen-bond acceptors (Lipinski definition) is 3. The van der Waals surface area contributed by atoms with E-state index in [1.807, 2.05) is 30.3 Å². The van der Waals surface area contributed by atoms with Gasteiger partial charge in [-0.3, -0.25) is 0 Å². The fraction of sp³-hybridized carbons (Fsp3) is 0.409.